The number of nitriles is 1. The van der Waals surface area contributed by atoms with Crippen molar-refractivity contribution in [2.75, 3.05) is 6.54 Å². The minimum Gasteiger partial charge on any atom is -0.201 e. The fraction of sp³-hybridized carbons (Fsp3) is 0.833. The molecule has 1 aliphatic carbocycles. The molecule has 0 radical (unpaired) electrons. The summed E-state index contributed by atoms with van der Waals surface area (Å²) >= 11 is 0. The highest BCUT2D eigenvalue weighted by Crippen LogP contribution is 2.19. The van der Waals surface area contributed by atoms with Crippen molar-refractivity contribution in [1.82, 2.24) is 9.44 Å². The van der Waals surface area contributed by atoms with Crippen LogP contribution in [0, 0.1) is 11.3 Å². The van der Waals surface area contributed by atoms with Crippen LogP contribution in [0.1, 0.15) is 19.3 Å². The SMILES string of the molecule is N#CCCNS(=O)(=O)NC1CC1. The number of hydrogen-bond donors (Lipinski definition) is 2. The molecule has 1 fully saturated rings. The molecule has 0 saturated heterocycles. The molecule has 2 N–H and O–H groups in total. The molecule has 0 heterocycles. The molecule has 1 saturated carbocycles. The summed E-state index contributed by atoms with van der Waals surface area (Å²) in [5.74, 6) is 0. The topological polar surface area (TPSA) is 82.0 Å². The fourth-order valence-electron chi connectivity index (χ4n) is 0.704. The number of nitrogens with one attached hydrogen (secondary N) is 2. The Hall–Kier alpha value is -0.640. The highest BCUT2D eigenvalue weighted by molar-refractivity contribution is 7.87. The minimum atomic E-state index is -3.34. The van der Waals surface area contributed by atoms with Crippen LogP contribution in [-0.2, 0) is 10.2 Å². The van der Waals surface area contributed by atoms with Crippen LogP contribution in [0.5, 0.6) is 0 Å². The van der Waals surface area contributed by atoms with Crippen molar-refractivity contribution in [3.8, 4) is 6.07 Å². The first-order valence-corrected chi connectivity index (χ1v) is 5.26. The third kappa shape index (κ3) is 3.67. The summed E-state index contributed by atoms with van der Waals surface area (Å²) in [6.07, 6.45) is 2.03. The van der Waals surface area contributed by atoms with Gasteiger partial charge >= 0.3 is 0 Å². The van der Waals surface area contributed by atoms with Gasteiger partial charge in [0.05, 0.1) is 6.07 Å². The zero-order valence-electron chi connectivity index (χ0n) is 6.58. The van der Waals surface area contributed by atoms with Crippen LogP contribution in [0.25, 0.3) is 0 Å². The van der Waals surface area contributed by atoms with Gasteiger partial charge in [0.1, 0.15) is 0 Å². The number of nitrogens with zero attached hydrogens (tertiary/aromatic N) is 1. The monoisotopic (exact) mass is 189 g/mol. The van der Waals surface area contributed by atoms with Gasteiger partial charge in [0, 0.05) is 19.0 Å². The molecule has 0 unspecified atom stereocenters. The van der Waals surface area contributed by atoms with E-state index in [1.807, 2.05) is 6.07 Å². The van der Waals surface area contributed by atoms with Crippen molar-refractivity contribution >= 4 is 10.2 Å². The molecule has 0 atom stereocenters. The summed E-state index contributed by atoms with van der Waals surface area (Å²) in [7, 11) is -3.34. The van der Waals surface area contributed by atoms with Gasteiger partial charge in [-0.2, -0.15) is 18.4 Å². The first-order valence-electron chi connectivity index (χ1n) is 3.78. The van der Waals surface area contributed by atoms with Gasteiger partial charge in [-0.05, 0) is 12.8 Å². The molecule has 68 valence electrons. The van der Waals surface area contributed by atoms with Crippen molar-refractivity contribution in [3.63, 3.8) is 0 Å². The average Bonchev–Trinajstić information content (AvgIpc) is 2.71. The van der Waals surface area contributed by atoms with Gasteiger partial charge in [0.15, 0.2) is 0 Å². The lowest BCUT2D eigenvalue weighted by Gasteiger charge is -2.04. The van der Waals surface area contributed by atoms with Crippen molar-refractivity contribution in [3.05, 3.63) is 0 Å². The third-order valence-electron chi connectivity index (χ3n) is 1.43. The lowest BCUT2D eigenvalue weighted by Crippen LogP contribution is -2.38. The van der Waals surface area contributed by atoms with Crippen LogP contribution in [0.4, 0.5) is 0 Å². The van der Waals surface area contributed by atoms with Gasteiger partial charge in [-0.3, -0.25) is 0 Å². The Morgan fingerprint density at radius 2 is 2.17 bits per heavy atom. The number of rotatable bonds is 5. The maximum atomic E-state index is 11.0. The van der Waals surface area contributed by atoms with Crippen molar-refractivity contribution < 1.29 is 8.42 Å². The van der Waals surface area contributed by atoms with E-state index in [0.29, 0.717) is 0 Å². The standard InChI is InChI=1S/C6H11N3O2S/c7-4-1-5-8-12(10,11)9-6-2-3-6/h6,8-9H,1-3,5H2. The largest absolute Gasteiger partial charge is 0.277 e. The maximum Gasteiger partial charge on any atom is 0.277 e. The summed E-state index contributed by atoms with van der Waals surface area (Å²) in [4.78, 5) is 0. The van der Waals surface area contributed by atoms with Crippen molar-refractivity contribution in [2.24, 2.45) is 0 Å². The predicted octanol–water partition coefficient (Wildman–Crippen LogP) is -0.514. The molecule has 0 aliphatic heterocycles. The molecule has 6 heteroatoms. The van der Waals surface area contributed by atoms with Crippen LogP contribution >= 0.6 is 0 Å². The van der Waals surface area contributed by atoms with E-state index >= 15 is 0 Å². The first kappa shape index (κ1) is 9.45. The van der Waals surface area contributed by atoms with Gasteiger partial charge < -0.3 is 0 Å². The van der Waals surface area contributed by atoms with E-state index in [-0.39, 0.29) is 19.0 Å². The average molecular weight is 189 g/mol. The Bertz CT molecular complexity index is 276. The molecule has 0 aromatic carbocycles. The second-order valence-electron chi connectivity index (χ2n) is 2.70. The summed E-state index contributed by atoms with van der Waals surface area (Å²) in [6, 6.07) is 1.97. The van der Waals surface area contributed by atoms with Crippen molar-refractivity contribution in [2.45, 2.75) is 25.3 Å². The van der Waals surface area contributed by atoms with Gasteiger partial charge in [-0.15, -0.1) is 0 Å². The van der Waals surface area contributed by atoms with E-state index in [1.165, 1.54) is 0 Å². The number of hydrogen-bond acceptors (Lipinski definition) is 3. The fourth-order valence-corrected chi connectivity index (χ4v) is 1.83. The highest BCUT2D eigenvalue weighted by atomic mass is 32.2. The molecule has 1 aliphatic rings. The molecule has 5 nitrogen and oxygen atoms in total. The van der Waals surface area contributed by atoms with Gasteiger partial charge in [-0.25, -0.2) is 4.72 Å². The van der Waals surface area contributed by atoms with Gasteiger partial charge in [0.25, 0.3) is 10.2 Å². The van der Waals surface area contributed by atoms with E-state index in [4.69, 9.17) is 5.26 Å². The summed E-state index contributed by atoms with van der Waals surface area (Å²) in [5.41, 5.74) is 0. The Morgan fingerprint density at radius 1 is 1.50 bits per heavy atom. The molecule has 12 heavy (non-hydrogen) atoms. The third-order valence-corrected chi connectivity index (χ3v) is 2.66. The molecule has 1 rings (SSSR count). The molecule has 0 amide bonds. The summed E-state index contributed by atoms with van der Waals surface area (Å²) in [5, 5.41) is 8.15. The quantitative estimate of drug-likeness (QED) is 0.571. The molecule has 0 aromatic heterocycles. The van der Waals surface area contributed by atoms with Crippen LogP contribution < -0.4 is 9.44 Å². The zero-order chi connectivity index (χ0) is 9.03. The normalized spacial score (nSPS) is 17.2. The second kappa shape index (κ2) is 3.85. The van der Waals surface area contributed by atoms with E-state index in [0.717, 1.165) is 12.8 Å². The van der Waals surface area contributed by atoms with Crippen LogP contribution in [0.3, 0.4) is 0 Å². The Balaban J connectivity index is 2.23. The maximum absolute atomic E-state index is 11.0. The minimum absolute atomic E-state index is 0.115. The van der Waals surface area contributed by atoms with E-state index in [9.17, 15) is 8.42 Å². The summed E-state index contributed by atoms with van der Waals surface area (Å²) < 4.78 is 26.8. The van der Waals surface area contributed by atoms with Crippen LogP contribution in [0.15, 0.2) is 0 Å². The molecular weight excluding hydrogens is 178 g/mol. The van der Waals surface area contributed by atoms with Crippen molar-refractivity contribution in [1.29, 1.82) is 5.26 Å². The lowest BCUT2D eigenvalue weighted by molar-refractivity contribution is 0.566. The Kier molecular flexibility index (Phi) is 3.03. The molecule has 0 aromatic rings. The zero-order valence-corrected chi connectivity index (χ0v) is 7.39. The molecule has 0 spiro atoms. The summed E-state index contributed by atoms with van der Waals surface area (Å²) in [6.45, 7) is 0.179. The van der Waals surface area contributed by atoms with E-state index < -0.39 is 10.2 Å². The smallest absolute Gasteiger partial charge is 0.201 e. The first-order chi connectivity index (χ1) is 5.64. The van der Waals surface area contributed by atoms with Gasteiger partial charge in [-0.1, -0.05) is 0 Å². The predicted molar refractivity (Wildman–Crippen MR) is 43.3 cm³/mol. The highest BCUT2D eigenvalue weighted by Gasteiger charge is 2.26. The Morgan fingerprint density at radius 3 is 2.67 bits per heavy atom. The van der Waals surface area contributed by atoms with Gasteiger partial charge in [0.2, 0.25) is 0 Å². The second-order valence-corrected chi connectivity index (χ2v) is 4.23. The van der Waals surface area contributed by atoms with E-state index in [2.05, 4.69) is 9.44 Å². The lowest BCUT2D eigenvalue weighted by atomic mass is 10.5. The Labute approximate surface area is 71.9 Å². The molecular formula is C6H11N3O2S. The molecule has 0 bridgehead atoms. The van der Waals surface area contributed by atoms with Crippen LogP contribution in [-0.4, -0.2) is 21.0 Å². The van der Waals surface area contributed by atoms with Crippen LogP contribution in [0.2, 0.25) is 0 Å². The van der Waals surface area contributed by atoms with E-state index in [1.54, 1.807) is 0 Å².